The van der Waals surface area contributed by atoms with Gasteiger partial charge in [-0.15, -0.1) is 0 Å². The van der Waals surface area contributed by atoms with Crippen molar-refractivity contribution in [2.45, 2.75) is 44.9 Å². The summed E-state index contributed by atoms with van der Waals surface area (Å²) in [5.41, 5.74) is -0.848. The molecule has 1 aromatic heterocycles. The molecule has 8 heteroatoms. The minimum absolute atomic E-state index is 0.0823. The Bertz CT molecular complexity index is 611. The molecule has 2 aliphatic rings. The Balaban J connectivity index is 1.94. The fourth-order valence-corrected chi connectivity index (χ4v) is 3.41. The maximum atomic E-state index is 13.0. The Morgan fingerprint density at radius 1 is 1.08 bits per heavy atom. The highest BCUT2D eigenvalue weighted by Crippen LogP contribution is 2.36. The first kappa shape index (κ1) is 17.3. The predicted octanol–water partition coefficient (Wildman–Crippen LogP) is 2.62. The number of anilines is 2. The highest BCUT2D eigenvalue weighted by molar-refractivity contribution is 5.64. The lowest BCUT2D eigenvalue weighted by molar-refractivity contribution is -0.141. The van der Waals surface area contributed by atoms with Gasteiger partial charge in [-0.05, 0) is 27.2 Å². The molecular formula is C16H24F3N5. The molecule has 0 N–H and O–H groups in total. The van der Waals surface area contributed by atoms with Gasteiger partial charge in [0.2, 0.25) is 0 Å². The number of alkyl halides is 3. The van der Waals surface area contributed by atoms with E-state index in [1.54, 1.807) is 11.9 Å². The third kappa shape index (κ3) is 3.16. The molecule has 0 saturated carbocycles. The maximum Gasteiger partial charge on any atom is 0.434 e. The summed E-state index contributed by atoms with van der Waals surface area (Å²) in [6.45, 7) is 9.74. The molecule has 1 aromatic rings. The Hall–Kier alpha value is -1.57. The van der Waals surface area contributed by atoms with E-state index in [0.717, 1.165) is 32.3 Å². The standard InChI is InChI=1S/C16H24F3N5/c1-15(2,3)23-7-8-24-11(10-23)5-6-22(4)14-13(24)20-9-12(21-14)16(17,18)19/h9,11H,5-8,10H2,1-4H3/t11-/m0/s1. The highest BCUT2D eigenvalue weighted by Gasteiger charge is 2.39. The van der Waals surface area contributed by atoms with E-state index >= 15 is 0 Å². The number of aromatic nitrogens is 2. The molecule has 2 aliphatic heterocycles. The second-order valence-corrected chi connectivity index (χ2v) is 7.57. The van der Waals surface area contributed by atoms with Crippen LogP contribution in [0.15, 0.2) is 6.20 Å². The summed E-state index contributed by atoms with van der Waals surface area (Å²) in [7, 11) is 1.79. The molecular weight excluding hydrogens is 319 g/mol. The molecule has 0 bridgehead atoms. The van der Waals surface area contributed by atoms with Crippen molar-refractivity contribution in [1.82, 2.24) is 14.9 Å². The van der Waals surface area contributed by atoms with Crippen molar-refractivity contribution in [1.29, 1.82) is 0 Å². The average Bonchev–Trinajstić information content (AvgIpc) is 2.63. The molecule has 1 atom stereocenters. The van der Waals surface area contributed by atoms with Crippen molar-refractivity contribution >= 4 is 11.6 Å². The van der Waals surface area contributed by atoms with E-state index in [1.165, 1.54) is 0 Å². The fourth-order valence-electron chi connectivity index (χ4n) is 3.41. The molecule has 0 spiro atoms. The van der Waals surface area contributed by atoms with Gasteiger partial charge < -0.3 is 9.80 Å². The van der Waals surface area contributed by atoms with Crippen LogP contribution in [0, 0.1) is 0 Å². The molecule has 0 amide bonds. The third-order valence-corrected chi connectivity index (χ3v) is 4.89. The molecule has 24 heavy (non-hydrogen) atoms. The van der Waals surface area contributed by atoms with E-state index in [1.807, 2.05) is 0 Å². The van der Waals surface area contributed by atoms with Gasteiger partial charge in [0.1, 0.15) is 0 Å². The maximum absolute atomic E-state index is 13.0. The van der Waals surface area contributed by atoms with Gasteiger partial charge in [-0.2, -0.15) is 13.2 Å². The Kier molecular flexibility index (Phi) is 4.14. The summed E-state index contributed by atoms with van der Waals surface area (Å²) >= 11 is 0. The van der Waals surface area contributed by atoms with Crippen LogP contribution in [-0.4, -0.2) is 59.7 Å². The Labute approximate surface area is 140 Å². The van der Waals surface area contributed by atoms with Gasteiger partial charge in [0, 0.05) is 44.8 Å². The van der Waals surface area contributed by atoms with Crippen molar-refractivity contribution in [2.75, 3.05) is 43.0 Å². The van der Waals surface area contributed by atoms with Crippen LogP contribution in [0.25, 0.3) is 0 Å². The predicted molar refractivity (Wildman–Crippen MR) is 87.4 cm³/mol. The minimum atomic E-state index is -4.47. The molecule has 5 nitrogen and oxygen atoms in total. The first-order chi connectivity index (χ1) is 11.1. The lowest BCUT2D eigenvalue weighted by atomic mass is 10.0. The summed E-state index contributed by atoms with van der Waals surface area (Å²) in [5.74, 6) is 0.901. The molecule has 0 unspecified atom stereocenters. The summed E-state index contributed by atoms with van der Waals surface area (Å²) < 4.78 is 38.9. The minimum Gasteiger partial charge on any atom is -0.357 e. The monoisotopic (exact) mass is 343 g/mol. The second-order valence-electron chi connectivity index (χ2n) is 7.57. The largest absolute Gasteiger partial charge is 0.434 e. The van der Waals surface area contributed by atoms with Crippen molar-refractivity contribution in [3.8, 4) is 0 Å². The molecule has 0 radical (unpaired) electrons. The smallest absolute Gasteiger partial charge is 0.357 e. The number of nitrogens with zero attached hydrogens (tertiary/aromatic N) is 5. The zero-order valence-electron chi connectivity index (χ0n) is 14.6. The van der Waals surface area contributed by atoms with Gasteiger partial charge in [0.15, 0.2) is 17.3 Å². The van der Waals surface area contributed by atoms with Gasteiger partial charge >= 0.3 is 6.18 Å². The van der Waals surface area contributed by atoms with Crippen LogP contribution in [-0.2, 0) is 6.18 Å². The van der Waals surface area contributed by atoms with E-state index in [4.69, 9.17) is 0 Å². The fraction of sp³-hybridized carbons (Fsp3) is 0.750. The van der Waals surface area contributed by atoms with Gasteiger partial charge in [-0.1, -0.05) is 0 Å². The van der Waals surface area contributed by atoms with Crippen LogP contribution in [0.1, 0.15) is 32.9 Å². The lowest BCUT2D eigenvalue weighted by Gasteiger charge is -2.46. The van der Waals surface area contributed by atoms with Crippen molar-refractivity contribution in [3.63, 3.8) is 0 Å². The summed E-state index contributed by atoms with van der Waals surface area (Å²) in [6.07, 6.45) is -2.74. The van der Waals surface area contributed by atoms with E-state index in [0.29, 0.717) is 18.2 Å². The first-order valence-electron chi connectivity index (χ1n) is 8.24. The third-order valence-electron chi connectivity index (χ3n) is 4.89. The molecule has 3 heterocycles. The first-order valence-corrected chi connectivity index (χ1v) is 8.24. The molecule has 1 fully saturated rings. The zero-order valence-corrected chi connectivity index (χ0v) is 14.6. The van der Waals surface area contributed by atoms with Crippen molar-refractivity contribution in [2.24, 2.45) is 0 Å². The number of hydrogen-bond acceptors (Lipinski definition) is 5. The normalized spacial score (nSPS) is 22.9. The molecule has 1 saturated heterocycles. The quantitative estimate of drug-likeness (QED) is 0.724. The van der Waals surface area contributed by atoms with Crippen LogP contribution >= 0.6 is 0 Å². The second kappa shape index (κ2) is 5.75. The van der Waals surface area contributed by atoms with Gasteiger partial charge in [-0.3, -0.25) is 4.90 Å². The van der Waals surface area contributed by atoms with E-state index < -0.39 is 11.9 Å². The van der Waals surface area contributed by atoms with Crippen LogP contribution in [0.3, 0.4) is 0 Å². The summed E-state index contributed by atoms with van der Waals surface area (Å²) in [6, 6.07) is 0.243. The number of halogens is 3. The van der Waals surface area contributed by atoms with Crippen LogP contribution in [0.5, 0.6) is 0 Å². The number of piperazine rings is 1. The molecule has 0 aliphatic carbocycles. The average molecular weight is 343 g/mol. The summed E-state index contributed by atoms with van der Waals surface area (Å²) in [4.78, 5) is 14.4. The SMILES string of the molecule is CN1CC[C@H]2CN(C(C)(C)C)CCN2c2ncc(C(F)(F)F)nc21. The van der Waals surface area contributed by atoms with Crippen LogP contribution < -0.4 is 9.80 Å². The molecule has 0 aromatic carbocycles. The van der Waals surface area contributed by atoms with Crippen molar-refractivity contribution in [3.05, 3.63) is 11.9 Å². The van der Waals surface area contributed by atoms with Gasteiger partial charge in [0.05, 0.1) is 6.20 Å². The molecule has 3 rings (SSSR count). The molecule has 134 valence electrons. The zero-order chi connectivity index (χ0) is 17.7. The van der Waals surface area contributed by atoms with Gasteiger partial charge in [0.25, 0.3) is 0 Å². The number of fused-ring (bicyclic) bond motifs is 3. The van der Waals surface area contributed by atoms with Crippen LogP contribution in [0.4, 0.5) is 24.8 Å². The highest BCUT2D eigenvalue weighted by atomic mass is 19.4. The van der Waals surface area contributed by atoms with E-state index in [-0.39, 0.29) is 11.6 Å². The van der Waals surface area contributed by atoms with Gasteiger partial charge in [-0.25, -0.2) is 9.97 Å². The Morgan fingerprint density at radius 2 is 1.79 bits per heavy atom. The summed E-state index contributed by atoms with van der Waals surface area (Å²) in [5, 5.41) is 0. The Morgan fingerprint density at radius 3 is 2.42 bits per heavy atom. The van der Waals surface area contributed by atoms with E-state index in [2.05, 4.69) is 40.5 Å². The topological polar surface area (TPSA) is 35.5 Å². The van der Waals surface area contributed by atoms with Crippen molar-refractivity contribution < 1.29 is 13.2 Å². The number of rotatable bonds is 0. The van der Waals surface area contributed by atoms with E-state index in [9.17, 15) is 13.2 Å². The lowest BCUT2D eigenvalue weighted by Crippen LogP contribution is -2.58. The van der Waals surface area contributed by atoms with Crippen LogP contribution in [0.2, 0.25) is 0 Å². The number of hydrogen-bond donors (Lipinski definition) is 0.